The zero-order valence-corrected chi connectivity index (χ0v) is 16.1. The third-order valence-electron chi connectivity index (χ3n) is 4.31. The van der Waals surface area contributed by atoms with E-state index < -0.39 is 0 Å². The molecule has 0 spiro atoms. The van der Waals surface area contributed by atoms with Crippen LogP contribution in [0.15, 0.2) is 42.5 Å². The quantitative estimate of drug-likeness (QED) is 0.638. The third-order valence-corrected chi connectivity index (χ3v) is 4.31. The molecule has 0 radical (unpaired) electrons. The van der Waals surface area contributed by atoms with Gasteiger partial charge in [0.1, 0.15) is 5.82 Å². The second-order valence-electron chi connectivity index (χ2n) is 8.13. The van der Waals surface area contributed by atoms with Gasteiger partial charge < -0.3 is 0 Å². The molecule has 25 heavy (non-hydrogen) atoms. The molecule has 2 aromatic carbocycles. The lowest BCUT2D eigenvalue weighted by Gasteiger charge is -2.21. The lowest BCUT2D eigenvalue weighted by atomic mass is 9.91. The van der Waals surface area contributed by atoms with Crippen LogP contribution in [-0.4, -0.2) is 14.8 Å². The van der Waals surface area contributed by atoms with E-state index in [4.69, 9.17) is 0 Å². The Morgan fingerprint density at radius 2 is 1.48 bits per heavy atom. The lowest BCUT2D eigenvalue weighted by Crippen LogP contribution is -2.15. The Balaban J connectivity index is 2.28. The predicted octanol–water partition coefficient (Wildman–Crippen LogP) is 5.45. The van der Waals surface area contributed by atoms with Crippen molar-refractivity contribution in [3.8, 4) is 17.1 Å². The van der Waals surface area contributed by atoms with E-state index in [1.807, 2.05) is 18.2 Å². The average Bonchev–Trinajstić information content (AvgIpc) is 2.89. The van der Waals surface area contributed by atoms with Crippen LogP contribution in [-0.2, 0) is 6.42 Å². The van der Waals surface area contributed by atoms with E-state index in [2.05, 4.69) is 80.6 Å². The normalized spacial score (nSPS) is 11.8. The summed E-state index contributed by atoms with van der Waals surface area (Å²) in [7, 11) is 0. The molecule has 3 aromatic rings. The van der Waals surface area contributed by atoms with Crippen LogP contribution in [0.5, 0.6) is 0 Å². The Labute approximate surface area is 150 Å². The highest BCUT2D eigenvalue weighted by atomic mass is 15.3. The van der Waals surface area contributed by atoms with Crippen molar-refractivity contribution in [2.75, 3.05) is 0 Å². The highest BCUT2D eigenvalue weighted by Crippen LogP contribution is 2.30. The van der Waals surface area contributed by atoms with Crippen molar-refractivity contribution < 1.29 is 0 Å². The highest BCUT2D eigenvalue weighted by molar-refractivity contribution is 5.61. The van der Waals surface area contributed by atoms with E-state index in [0.717, 1.165) is 23.6 Å². The van der Waals surface area contributed by atoms with Crippen LogP contribution in [0.25, 0.3) is 17.1 Å². The van der Waals surface area contributed by atoms with Gasteiger partial charge in [0.25, 0.3) is 0 Å². The van der Waals surface area contributed by atoms with E-state index in [-0.39, 0.29) is 5.41 Å². The van der Waals surface area contributed by atoms with Gasteiger partial charge in [-0.2, -0.15) is 0 Å². The second-order valence-corrected chi connectivity index (χ2v) is 8.13. The Morgan fingerprint density at radius 3 is 2.04 bits per heavy atom. The maximum Gasteiger partial charge on any atom is 0.168 e. The van der Waals surface area contributed by atoms with E-state index >= 15 is 0 Å². The van der Waals surface area contributed by atoms with Gasteiger partial charge in [-0.05, 0) is 37.3 Å². The standard InChI is InChI=1S/C22H27N3/c1-15-12-16(2)20(17(3)13-15)25-19(14-22(4,5)6)23-24-21(25)18-10-8-7-9-11-18/h7-13H,14H2,1-6H3. The summed E-state index contributed by atoms with van der Waals surface area (Å²) in [5, 5.41) is 9.14. The molecule has 1 aromatic heterocycles. The number of rotatable bonds is 3. The fourth-order valence-corrected chi connectivity index (χ4v) is 3.44. The van der Waals surface area contributed by atoms with Crippen molar-refractivity contribution in [2.45, 2.75) is 48.0 Å². The zero-order chi connectivity index (χ0) is 18.2. The molecule has 0 saturated heterocycles. The van der Waals surface area contributed by atoms with Crippen LogP contribution in [0.2, 0.25) is 0 Å². The van der Waals surface area contributed by atoms with E-state index in [1.54, 1.807) is 0 Å². The van der Waals surface area contributed by atoms with Gasteiger partial charge >= 0.3 is 0 Å². The minimum Gasteiger partial charge on any atom is -0.278 e. The Morgan fingerprint density at radius 1 is 0.880 bits per heavy atom. The zero-order valence-electron chi connectivity index (χ0n) is 16.1. The number of aryl methyl sites for hydroxylation is 3. The number of nitrogens with zero attached hydrogens (tertiary/aromatic N) is 3. The van der Waals surface area contributed by atoms with Crippen LogP contribution in [0, 0.1) is 26.2 Å². The molecule has 3 rings (SSSR count). The molecule has 0 aliphatic rings. The first-order chi connectivity index (χ1) is 11.8. The summed E-state index contributed by atoms with van der Waals surface area (Å²) in [6.45, 7) is 13.2. The molecule has 130 valence electrons. The van der Waals surface area contributed by atoms with E-state index in [0.29, 0.717) is 0 Å². The molecule has 0 amide bonds. The average molecular weight is 333 g/mol. The van der Waals surface area contributed by atoms with Crippen molar-refractivity contribution in [1.82, 2.24) is 14.8 Å². The van der Waals surface area contributed by atoms with Crippen molar-refractivity contribution in [1.29, 1.82) is 0 Å². The Hall–Kier alpha value is -2.42. The molecule has 3 nitrogen and oxygen atoms in total. The molecular weight excluding hydrogens is 306 g/mol. The van der Waals surface area contributed by atoms with E-state index in [9.17, 15) is 0 Å². The van der Waals surface area contributed by atoms with Gasteiger partial charge in [-0.1, -0.05) is 68.8 Å². The van der Waals surface area contributed by atoms with Crippen LogP contribution in [0.1, 0.15) is 43.3 Å². The lowest BCUT2D eigenvalue weighted by molar-refractivity contribution is 0.398. The fraction of sp³-hybridized carbons (Fsp3) is 0.364. The van der Waals surface area contributed by atoms with Crippen LogP contribution in [0.4, 0.5) is 0 Å². The first-order valence-electron chi connectivity index (χ1n) is 8.84. The maximum absolute atomic E-state index is 4.57. The summed E-state index contributed by atoms with van der Waals surface area (Å²) in [6.07, 6.45) is 0.875. The van der Waals surface area contributed by atoms with Gasteiger partial charge in [-0.3, -0.25) is 4.57 Å². The van der Waals surface area contributed by atoms with Gasteiger partial charge in [0.05, 0.1) is 5.69 Å². The molecule has 0 saturated carbocycles. The summed E-state index contributed by atoms with van der Waals surface area (Å²) in [5.74, 6) is 1.93. The van der Waals surface area contributed by atoms with Crippen molar-refractivity contribution in [3.05, 3.63) is 65.0 Å². The smallest absolute Gasteiger partial charge is 0.168 e. The fourth-order valence-electron chi connectivity index (χ4n) is 3.44. The summed E-state index contributed by atoms with van der Waals surface area (Å²) < 4.78 is 2.25. The van der Waals surface area contributed by atoms with E-state index in [1.165, 1.54) is 22.4 Å². The Bertz CT molecular complexity index is 860. The van der Waals surface area contributed by atoms with Crippen LogP contribution in [0.3, 0.4) is 0 Å². The molecule has 3 heteroatoms. The summed E-state index contributed by atoms with van der Waals surface area (Å²) in [6, 6.07) is 14.8. The van der Waals surface area contributed by atoms with Gasteiger partial charge in [0.2, 0.25) is 0 Å². The molecule has 1 heterocycles. The number of hydrogen-bond acceptors (Lipinski definition) is 2. The molecule has 0 aliphatic carbocycles. The predicted molar refractivity (Wildman–Crippen MR) is 104 cm³/mol. The maximum atomic E-state index is 4.57. The first-order valence-corrected chi connectivity index (χ1v) is 8.84. The monoisotopic (exact) mass is 333 g/mol. The number of benzene rings is 2. The van der Waals surface area contributed by atoms with Gasteiger partial charge in [-0.25, -0.2) is 0 Å². The van der Waals surface area contributed by atoms with Crippen molar-refractivity contribution in [3.63, 3.8) is 0 Å². The van der Waals surface area contributed by atoms with Gasteiger partial charge in [0, 0.05) is 12.0 Å². The minimum atomic E-state index is 0.144. The second kappa shape index (κ2) is 6.47. The molecule has 0 aliphatic heterocycles. The molecule has 0 bridgehead atoms. The SMILES string of the molecule is Cc1cc(C)c(-n2c(CC(C)(C)C)nnc2-c2ccccc2)c(C)c1. The largest absolute Gasteiger partial charge is 0.278 e. The number of aromatic nitrogens is 3. The topological polar surface area (TPSA) is 30.7 Å². The summed E-state index contributed by atoms with van der Waals surface area (Å²) >= 11 is 0. The molecule has 0 unspecified atom stereocenters. The molecule has 0 atom stereocenters. The highest BCUT2D eigenvalue weighted by Gasteiger charge is 2.22. The summed E-state index contributed by atoms with van der Waals surface area (Å²) in [4.78, 5) is 0. The first kappa shape index (κ1) is 17.4. The Kier molecular flexibility index (Phi) is 4.51. The van der Waals surface area contributed by atoms with Crippen molar-refractivity contribution in [2.24, 2.45) is 5.41 Å². The van der Waals surface area contributed by atoms with Gasteiger partial charge in [-0.15, -0.1) is 10.2 Å². The molecule has 0 fully saturated rings. The van der Waals surface area contributed by atoms with Crippen LogP contribution >= 0.6 is 0 Å². The van der Waals surface area contributed by atoms with Crippen LogP contribution < -0.4 is 0 Å². The summed E-state index contributed by atoms with van der Waals surface area (Å²) in [5.41, 5.74) is 6.23. The molecular formula is C22H27N3. The number of hydrogen-bond donors (Lipinski definition) is 0. The van der Waals surface area contributed by atoms with Gasteiger partial charge in [0.15, 0.2) is 5.82 Å². The minimum absolute atomic E-state index is 0.144. The van der Waals surface area contributed by atoms with Crippen molar-refractivity contribution >= 4 is 0 Å². The molecule has 0 N–H and O–H groups in total. The third kappa shape index (κ3) is 3.65.